The summed E-state index contributed by atoms with van der Waals surface area (Å²) in [6, 6.07) is 2.87. The highest BCUT2D eigenvalue weighted by atomic mass is 19.2. The predicted molar refractivity (Wildman–Crippen MR) is 110 cm³/mol. The number of benzene rings is 1. The fourth-order valence-electron chi connectivity index (χ4n) is 4.40. The number of aromatic nitrogens is 5. The lowest BCUT2D eigenvalue weighted by Crippen LogP contribution is -2.33. The van der Waals surface area contributed by atoms with Gasteiger partial charge in [-0.05, 0) is 24.1 Å². The van der Waals surface area contributed by atoms with Gasteiger partial charge in [-0.2, -0.15) is 4.98 Å². The largest absolute Gasteiger partial charge is 0.394 e. The van der Waals surface area contributed by atoms with E-state index in [9.17, 15) is 23.8 Å². The molecule has 0 aliphatic heterocycles. The Hall–Kier alpha value is -3.00. The molecule has 2 heterocycles. The molecule has 33 heavy (non-hydrogen) atoms. The molecule has 176 valence electrons. The Morgan fingerprint density at radius 1 is 1.21 bits per heavy atom. The second-order valence-corrected chi connectivity index (χ2v) is 8.31. The van der Waals surface area contributed by atoms with Crippen molar-refractivity contribution in [3.8, 4) is 0 Å². The number of aliphatic hydroxyl groups is 3. The summed E-state index contributed by atoms with van der Waals surface area (Å²) < 4.78 is 33.4. The second kappa shape index (κ2) is 8.41. The van der Waals surface area contributed by atoms with E-state index in [2.05, 4.69) is 25.6 Å². The summed E-state index contributed by atoms with van der Waals surface area (Å²) in [5.41, 5.74) is 0.344. The number of halogens is 2. The summed E-state index contributed by atoms with van der Waals surface area (Å²) in [6.45, 7) is -0.222. The normalized spacial score (nSPS) is 29.0. The molecule has 11 nitrogen and oxygen atoms in total. The van der Waals surface area contributed by atoms with Crippen molar-refractivity contribution < 1.29 is 28.8 Å². The number of ether oxygens (including phenoxy) is 1. The summed E-state index contributed by atoms with van der Waals surface area (Å²) in [5, 5.41) is 41.0. The van der Waals surface area contributed by atoms with E-state index >= 15 is 0 Å². The van der Waals surface area contributed by atoms with Crippen molar-refractivity contribution >= 4 is 17.0 Å². The maximum Gasteiger partial charge on any atom is 0.348 e. The minimum absolute atomic E-state index is 0.00572. The van der Waals surface area contributed by atoms with Gasteiger partial charge in [0.15, 0.2) is 22.8 Å². The first kappa shape index (κ1) is 21.8. The van der Waals surface area contributed by atoms with Crippen LogP contribution in [0, 0.1) is 11.6 Å². The average molecular weight is 464 g/mol. The van der Waals surface area contributed by atoms with Crippen LogP contribution in [0.1, 0.15) is 30.4 Å². The van der Waals surface area contributed by atoms with Crippen LogP contribution in [0.5, 0.6) is 0 Å². The van der Waals surface area contributed by atoms with E-state index in [1.807, 2.05) is 0 Å². The Kier molecular flexibility index (Phi) is 5.56. The van der Waals surface area contributed by atoms with Crippen LogP contribution in [0.3, 0.4) is 0 Å². The summed E-state index contributed by atoms with van der Waals surface area (Å²) in [5.74, 6) is -1.63. The van der Waals surface area contributed by atoms with E-state index < -0.39 is 41.7 Å². The first-order valence-electron chi connectivity index (χ1n) is 10.5. The lowest BCUT2D eigenvalue weighted by Gasteiger charge is -2.17. The van der Waals surface area contributed by atoms with Crippen LogP contribution in [-0.4, -0.2) is 77.8 Å². The van der Waals surface area contributed by atoms with Crippen LogP contribution in [0.15, 0.2) is 23.0 Å². The van der Waals surface area contributed by atoms with Gasteiger partial charge < -0.3 is 25.4 Å². The SMILES string of the molecule is O=c1nc2c(nnn2C2CC(OCCO)C(O)C2O)c(NC2CC2c2ccc(F)c(F)c2)[nH]1. The van der Waals surface area contributed by atoms with Gasteiger partial charge in [0, 0.05) is 18.4 Å². The average Bonchev–Trinajstić information content (AvgIpc) is 3.34. The van der Waals surface area contributed by atoms with Crippen LogP contribution in [0.25, 0.3) is 11.2 Å². The van der Waals surface area contributed by atoms with Crippen LogP contribution >= 0.6 is 0 Å². The van der Waals surface area contributed by atoms with E-state index in [1.165, 1.54) is 10.7 Å². The molecule has 13 heteroatoms. The molecule has 2 aliphatic carbocycles. The quantitative estimate of drug-likeness (QED) is 0.319. The highest BCUT2D eigenvalue weighted by Crippen LogP contribution is 2.43. The topological polar surface area (TPSA) is 158 Å². The lowest BCUT2D eigenvalue weighted by molar-refractivity contribution is -0.0629. The third-order valence-electron chi connectivity index (χ3n) is 6.17. The third kappa shape index (κ3) is 3.97. The van der Waals surface area contributed by atoms with Gasteiger partial charge in [-0.15, -0.1) is 5.10 Å². The Morgan fingerprint density at radius 3 is 2.79 bits per heavy atom. The molecule has 1 aromatic carbocycles. The number of aliphatic hydroxyl groups excluding tert-OH is 3. The van der Waals surface area contributed by atoms with Gasteiger partial charge in [0.25, 0.3) is 0 Å². The van der Waals surface area contributed by atoms with E-state index in [0.717, 1.165) is 12.1 Å². The molecule has 0 saturated heterocycles. The minimum atomic E-state index is -1.24. The lowest BCUT2D eigenvalue weighted by atomic mass is 10.1. The molecule has 5 rings (SSSR count). The van der Waals surface area contributed by atoms with Crippen LogP contribution in [0.2, 0.25) is 0 Å². The van der Waals surface area contributed by atoms with Crippen molar-refractivity contribution in [2.45, 2.75) is 49.2 Å². The zero-order valence-electron chi connectivity index (χ0n) is 17.2. The molecule has 2 aromatic heterocycles. The van der Waals surface area contributed by atoms with Crippen molar-refractivity contribution in [1.82, 2.24) is 25.0 Å². The number of nitrogens with zero attached hydrogens (tertiary/aromatic N) is 4. The zero-order valence-corrected chi connectivity index (χ0v) is 17.2. The van der Waals surface area contributed by atoms with Crippen LogP contribution < -0.4 is 11.0 Å². The molecule has 6 unspecified atom stereocenters. The third-order valence-corrected chi connectivity index (χ3v) is 6.17. The molecule has 0 amide bonds. The highest BCUT2D eigenvalue weighted by Gasteiger charge is 2.45. The zero-order chi connectivity index (χ0) is 23.3. The molecular formula is C20H22F2N6O5. The fourth-order valence-corrected chi connectivity index (χ4v) is 4.40. The Labute approximate surface area is 185 Å². The first-order chi connectivity index (χ1) is 15.9. The monoisotopic (exact) mass is 464 g/mol. The molecule has 2 aliphatic rings. The summed E-state index contributed by atoms with van der Waals surface area (Å²) in [6.07, 6.45) is -2.35. The number of aromatic amines is 1. The maximum atomic E-state index is 13.6. The van der Waals surface area contributed by atoms with Gasteiger partial charge in [-0.25, -0.2) is 18.3 Å². The number of fused-ring (bicyclic) bond motifs is 1. The molecule has 2 saturated carbocycles. The van der Waals surface area contributed by atoms with Crippen molar-refractivity contribution in [1.29, 1.82) is 0 Å². The molecule has 0 spiro atoms. The molecule has 5 N–H and O–H groups in total. The molecular weight excluding hydrogens is 442 g/mol. The highest BCUT2D eigenvalue weighted by molar-refractivity contribution is 5.82. The Balaban J connectivity index is 1.39. The number of nitrogens with one attached hydrogen (secondary N) is 2. The summed E-state index contributed by atoms with van der Waals surface area (Å²) in [4.78, 5) is 18.7. The van der Waals surface area contributed by atoms with Crippen molar-refractivity contribution in [2.75, 3.05) is 18.5 Å². The fraction of sp³-hybridized carbons (Fsp3) is 0.500. The Morgan fingerprint density at radius 2 is 2.03 bits per heavy atom. The van der Waals surface area contributed by atoms with Crippen molar-refractivity contribution in [2.24, 2.45) is 0 Å². The van der Waals surface area contributed by atoms with E-state index in [0.29, 0.717) is 12.0 Å². The minimum Gasteiger partial charge on any atom is -0.394 e. The van der Waals surface area contributed by atoms with Gasteiger partial charge >= 0.3 is 5.69 Å². The van der Waals surface area contributed by atoms with Gasteiger partial charge in [0.1, 0.15) is 18.0 Å². The van der Waals surface area contributed by atoms with Gasteiger partial charge in [-0.3, -0.25) is 4.98 Å². The molecule has 3 aromatic rings. The van der Waals surface area contributed by atoms with Gasteiger partial charge in [0.2, 0.25) is 0 Å². The summed E-state index contributed by atoms with van der Waals surface area (Å²) >= 11 is 0. The summed E-state index contributed by atoms with van der Waals surface area (Å²) in [7, 11) is 0. The molecule has 6 atom stereocenters. The standard InChI is InChI=1S/C20H22F2N6O5/c21-10-2-1-8(5-11(10)22)9-6-12(9)23-18-15-19(25-20(32)24-18)28(27-26-15)13-7-14(33-4-3-29)17(31)16(13)30/h1-2,5,9,12-14,16-17,29-31H,3-4,6-7H2,(H2,23,24,25,32). The molecule has 0 radical (unpaired) electrons. The van der Waals surface area contributed by atoms with Gasteiger partial charge in [0.05, 0.1) is 25.4 Å². The predicted octanol–water partition coefficient (Wildman–Crippen LogP) is -0.195. The number of anilines is 1. The van der Waals surface area contributed by atoms with Crippen LogP contribution in [0.4, 0.5) is 14.6 Å². The van der Waals surface area contributed by atoms with Crippen LogP contribution in [-0.2, 0) is 4.74 Å². The number of hydrogen-bond acceptors (Lipinski definition) is 9. The van der Waals surface area contributed by atoms with Crippen molar-refractivity contribution in [3.05, 3.63) is 45.9 Å². The second-order valence-electron chi connectivity index (χ2n) is 8.31. The van der Waals surface area contributed by atoms with Crippen molar-refractivity contribution in [3.63, 3.8) is 0 Å². The number of rotatable bonds is 7. The number of H-pyrrole nitrogens is 1. The Bertz CT molecular complexity index is 1240. The van der Waals surface area contributed by atoms with E-state index in [1.54, 1.807) is 0 Å². The first-order valence-corrected chi connectivity index (χ1v) is 10.5. The smallest absolute Gasteiger partial charge is 0.348 e. The number of hydrogen-bond donors (Lipinski definition) is 5. The van der Waals surface area contributed by atoms with E-state index in [4.69, 9.17) is 9.84 Å². The molecule has 0 bridgehead atoms. The van der Waals surface area contributed by atoms with Gasteiger partial charge in [-0.1, -0.05) is 11.3 Å². The maximum absolute atomic E-state index is 13.6. The van der Waals surface area contributed by atoms with E-state index in [-0.39, 0.29) is 48.6 Å². The molecule has 2 fully saturated rings.